The van der Waals surface area contributed by atoms with Crippen LogP contribution in [0.3, 0.4) is 0 Å². The SMILES string of the molecule is OCCNC(c1ccccc1F)C1CCCC1. The molecule has 94 valence electrons. The summed E-state index contributed by atoms with van der Waals surface area (Å²) < 4.78 is 13.8. The van der Waals surface area contributed by atoms with E-state index in [2.05, 4.69) is 5.32 Å². The fourth-order valence-electron chi connectivity index (χ4n) is 2.77. The van der Waals surface area contributed by atoms with Crippen LogP contribution in [0.4, 0.5) is 4.39 Å². The van der Waals surface area contributed by atoms with Gasteiger partial charge in [-0.25, -0.2) is 4.39 Å². The molecule has 1 atom stereocenters. The van der Waals surface area contributed by atoms with Crippen molar-refractivity contribution in [1.82, 2.24) is 5.32 Å². The molecule has 0 heterocycles. The zero-order chi connectivity index (χ0) is 12.1. The van der Waals surface area contributed by atoms with Crippen LogP contribution >= 0.6 is 0 Å². The number of hydrogen-bond acceptors (Lipinski definition) is 2. The first kappa shape index (κ1) is 12.5. The van der Waals surface area contributed by atoms with Crippen molar-refractivity contribution in [3.05, 3.63) is 35.6 Å². The molecule has 0 bridgehead atoms. The summed E-state index contributed by atoms with van der Waals surface area (Å²) in [7, 11) is 0. The number of nitrogens with one attached hydrogen (secondary N) is 1. The highest BCUT2D eigenvalue weighted by atomic mass is 19.1. The summed E-state index contributed by atoms with van der Waals surface area (Å²) in [5.41, 5.74) is 0.743. The maximum Gasteiger partial charge on any atom is 0.127 e. The maximum absolute atomic E-state index is 13.8. The summed E-state index contributed by atoms with van der Waals surface area (Å²) in [6.07, 6.45) is 4.77. The van der Waals surface area contributed by atoms with E-state index >= 15 is 0 Å². The molecule has 1 unspecified atom stereocenters. The minimum atomic E-state index is -0.144. The third-order valence-corrected chi connectivity index (χ3v) is 3.59. The highest BCUT2D eigenvalue weighted by Crippen LogP contribution is 2.36. The number of hydrogen-bond donors (Lipinski definition) is 2. The predicted octanol–water partition coefficient (Wildman–Crippen LogP) is 2.64. The Kier molecular flexibility index (Phi) is 4.51. The average Bonchev–Trinajstić information content (AvgIpc) is 2.85. The first-order valence-electron chi connectivity index (χ1n) is 6.41. The van der Waals surface area contributed by atoms with Gasteiger partial charge in [0.2, 0.25) is 0 Å². The Labute approximate surface area is 102 Å². The number of aliphatic hydroxyl groups excluding tert-OH is 1. The number of aliphatic hydroxyl groups is 1. The Morgan fingerprint density at radius 2 is 2.00 bits per heavy atom. The third kappa shape index (κ3) is 3.05. The first-order chi connectivity index (χ1) is 8.33. The lowest BCUT2D eigenvalue weighted by Crippen LogP contribution is -2.30. The van der Waals surface area contributed by atoms with Crippen molar-refractivity contribution >= 4 is 0 Å². The molecule has 1 aliphatic carbocycles. The van der Waals surface area contributed by atoms with E-state index in [4.69, 9.17) is 5.11 Å². The predicted molar refractivity (Wildman–Crippen MR) is 66.2 cm³/mol. The topological polar surface area (TPSA) is 32.3 Å². The second-order valence-electron chi connectivity index (χ2n) is 4.72. The van der Waals surface area contributed by atoms with Gasteiger partial charge in [0, 0.05) is 18.2 Å². The van der Waals surface area contributed by atoms with Crippen LogP contribution in [-0.2, 0) is 0 Å². The smallest absolute Gasteiger partial charge is 0.127 e. The van der Waals surface area contributed by atoms with Crippen LogP contribution in [0, 0.1) is 11.7 Å². The molecule has 0 saturated heterocycles. The third-order valence-electron chi connectivity index (χ3n) is 3.59. The maximum atomic E-state index is 13.8. The Hall–Kier alpha value is -0.930. The Morgan fingerprint density at radius 1 is 1.29 bits per heavy atom. The zero-order valence-corrected chi connectivity index (χ0v) is 10.0. The molecule has 3 heteroatoms. The van der Waals surface area contributed by atoms with Crippen LogP contribution in [0.2, 0.25) is 0 Å². The molecule has 2 nitrogen and oxygen atoms in total. The summed E-state index contributed by atoms with van der Waals surface area (Å²) in [6, 6.07) is 7.00. The zero-order valence-electron chi connectivity index (χ0n) is 10.0. The summed E-state index contributed by atoms with van der Waals surface area (Å²) in [5.74, 6) is 0.355. The van der Waals surface area contributed by atoms with E-state index in [-0.39, 0.29) is 18.5 Å². The molecule has 0 spiro atoms. The lowest BCUT2D eigenvalue weighted by Gasteiger charge is -2.25. The van der Waals surface area contributed by atoms with Gasteiger partial charge in [0.25, 0.3) is 0 Å². The molecule has 2 N–H and O–H groups in total. The van der Waals surface area contributed by atoms with Crippen LogP contribution in [0.25, 0.3) is 0 Å². The molecule has 1 fully saturated rings. The van der Waals surface area contributed by atoms with Gasteiger partial charge in [0.05, 0.1) is 6.61 Å². The molecule has 1 aromatic rings. The van der Waals surface area contributed by atoms with Crippen LogP contribution in [0.5, 0.6) is 0 Å². The highest BCUT2D eigenvalue weighted by Gasteiger charge is 2.27. The van der Waals surface area contributed by atoms with Gasteiger partial charge in [-0.15, -0.1) is 0 Å². The van der Waals surface area contributed by atoms with Gasteiger partial charge in [-0.2, -0.15) is 0 Å². The molecule has 2 rings (SSSR count). The first-order valence-corrected chi connectivity index (χ1v) is 6.41. The van der Waals surface area contributed by atoms with Crippen LogP contribution < -0.4 is 5.32 Å². The van der Waals surface area contributed by atoms with Gasteiger partial charge < -0.3 is 10.4 Å². The van der Waals surface area contributed by atoms with Crippen molar-refractivity contribution < 1.29 is 9.50 Å². The summed E-state index contributed by atoms with van der Waals surface area (Å²) >= 11 is 0. The van der Waals surface area contributed by atoms with Crippen molar-refractivity contribution in [2.75, 3.05) is 13.2 Å². The van der Waals surface area contributed by atoms with E-state index in [9.17, 15) is 4.39 Å². The standard InChI is InChI=1S/C14H20FNO/c15-13-8-4-3-7-12(13)14(16-9-10-17)11-5-1-2-6-11/h3-4,7-8,11,14,16-17H,1-2,5-6,9-10H2. The molecular formula is C14H20FNO. The van der Waals surface area contributed by atoms with Crippen molar-refractivity contribution in [1.29, 1.82) is 0 Å². The van der Waals surface area contributed by atoms with Crippen molar-refractivity contribution in [2.24, 2.45) is 5.92 Å². The lowest BCUT2D eigenvalue weighted by atomic mass is 9.91. The van der Waals surface area contributed by atoms with Crippen LogP contribution in [0.1, 0.15) is 37.3 Å². The average molecular weight is 237 g/mol. The fraction of sp³-hybridized carbons (Fsp3) is 0.571. The van der Waals surface area contributed by atoms with Crippen LogP contribution in [0.15, 0.2) is 24.3 Å². The molecule has 0 aliphatic heterocycles. The molecular weight excluding hydrogens is 217 g/mol. The summed E-state index contributed by atoms with van der Waals surface area (Å²) in [4.78, 5) is 0. The van der Waals surface area contributed by atoms with E-state index in [0.29, 0.717) is 12.5 Å². The molecule has 17 heavy (non-hydrogen) atoms. The number of halogens is 1. The summed E-state index contributed by atoms with van der Waals surface area (Å²) in [6.45, 7) is 0.618. The van der Waals surface area contributed by atoms with Crippen molar-refractivity contribution in [3.63, 3.8) is 0 Å². The number of benzene rings is 1. The normalized spacial score (nSPS) is 18.5. The second-order valence-corrected chi connectivity index (χ2v) is 4.72. The van der Waals surface area contributed by atoms with Gasteiger partial charge in [0.15, 0.2) is 0 Å². The van der Waals surface area contributed by atoms with Crippen LogP contribution in [-0.4, -0.2) is 18.3 Å². The molecule has 1 saturated carbocycles. The molecule has 0 aromatic heterocycles. The molecule has 0 radical (unpaired) electrons. The molecule has 0 amide bonds. The Balaban J connectivity index is 2.16. The second kappa shape index (κ2) is 6.12. The van der Waals surface area contributed by atoms with Gasteiger partial charge in [-0.05, 0) is 24.8 Å². The largest absolute Gasteiger partial charge is 0.395 e. The quantitative estimate of drug-likeness (QED) is 0.825. The van der Waals surface area contributed by atoms with E-state index in [1.54, 1.807) is 6.07 Å². The van der Waals surface area contributed by atoms with E-state index < -0.39 is 0 Å². The molecule has 1 aliphatic rings. The van der Waals surface area contributed by atoms with E-state index in [1.165, 1.54) is 18.9 Å². The molecule has 1 aromatic carbocycles. The monoisotopic (exact) mass is 237 g/mol. The van der Waals surface area contributed by atoms with E-state index in [1.807, 2.05) is 12.1 Å². The lowest BCUT2D eigenvalue weighted by molar-refractivity contribution is 0.266. The number of rotatable bonds is 5. The van der Waals surface area contributed by atoms with Gasteiger partial charge in [-0.3, -0.25) is 0 Å². The van der Waals surface area contributed by atoms with Gasteiger partial charge >= 0.3 is 0 Å². The van der Waals surface area contributed by atoms with Gasteiger partial charge in [0.1, 0.15) is 5.82 Å². The summed E-state index contributed by atoms with van der Waals surface area (Å²) in [5, 5.41) is 12.2. The minimum Gasteiger partial charge on any atom is -0.395 e. The van der Waals surface area contributed by atoms with E-state index in [0.717, 1.165) is 18.4 Å². The van der Waals surface area contributed by atoms with Crippen molar-refractivity contribution in [2.45, 2.75) is 31.7 Å². The Bertz CT molecular complexity index is 350. The highest BCUT2D eigenvalue weighted by molar-refractivity contribution is 5.22. The van der Waals surface area contributed by atoms with Crippen molar-refractivity contribution in [3.8, 4) is 0 Å². The fourth-order valence-corrected chi connectivity index (χ4v) is 2.77. The minimum absolute atomic E-state index is 0.0471. The Morgan fingerprint density at radius 3 is 2.65 bits per heavy atom. The van der Waals surface area contributed by atoms with Gasteiger partial charge in [-0.1, -0.05) is 31.0 Å².